The van der Waals surface area contributed by atoms with Gasteiger partial charge in [-0.25, -0.2) is 14.4 Å². The van der Waals surface area contributed by atoms with Gasteiger partial charge in [0.05, 0.1) is 0 Å². The van der Waals surface area contributed by atoms with E-state index in [-0.39, 0.29) is 19.2 Å². The first-order valence-electron chi connectivity index (χ1n) is 19.6. The number of amides is 3. The molecule has 0 aliphatic rings. The summed E-state index contributed by atoms with van der Waals surface area (Å²) in [6.45, 7) is 21.5. The molecule has 0 aliphatic carbocycles. The highest BCUT2D eigenvalue weighted by molar-refractivity contribution is 5.77. The van der Waals surface area contributed by atoms with Crippen molar-refractivity contribution in [2.45, 2.75) is 176 Å². The van der Waals surface area contributed by atoms with Crippen molar-refractivity contribution in [3.8, 4) is 0 Å². The normalized spacial score (nSPS) is 12.0. The molecule has 0 bridgehead atoms. The van der Waals surface area contributed by atoms with Gasteiger partial charge in [-0.3, -0.25) is 9.69 Å². The van der Waals surface area contributed by atoms with Gasteiger partial charge in [0.15, 0.2) is 0 Å². The van der Waals surface area contributed by atoms with Gasteiger partial charge in [-0.2, -0.15) is 0 Å². The standard InChI is InChI=1S/C39H76N4O8/c1-11-12-13-14-15-16-17-18-19-20-25-40-26-23-29-41(34(46)49-37(2,3)4)27-21-22-28-42(35(47)50-38(5,6)7)30-24-31-43(32-33(44)45)36(48)51-39(8,9)10/h40H,11-32H2,1-10H3,(H,44,45). The SMILES string of the molecule is CCCCCCCCCCCCNCCCN(CCCCN(CCCN(CC(=O)O)C(=O)OC(C)(C)C)C(=O)OC(C)(C)C)C(=O)OC(C)(C)C. The number of unbranched alkanes of at least 4 members (excludes halogenated alkanes) is 10. The monoisotopic (exact) mass is 729 g/mol. The molecule has 0 unspecified atom stereocenters. The van der Waals surface area contributed by atoms with E-state index in [9.17, 15) is 24.3 Å². The van der Waals surface area contributed by atoms with E-state index in [0.717, 1.165) is 24.4 Å². The smallest absolute Gasteiger partial charge is 0.410 e. The van der Waals surface area contributed by atoms with Crippen molar-refractivity contribution in [3.63, 3.8) is 0 Å². The quantitative estimate of drug-likeness (QED) is 0.0661. The summed E-state index contributed by atoms with van der Waals surface area (Å²) >= 11 is 0. The van der Waals surface area contributed by atoms with Crippen LogP contribution in [0.5, 0.6) is 0 Å². The number of rotatable bonds is 26. The van der Waals surface area contributed by atoms with Gasteiger partial charge in [-0.05, 0) is 108 Å². The minimum Gasteiger partial charge on any atom is -0.480 e. The number of carboxylic acids is 1. The highest BCUT2D eigenvalue weighted by Crippen LogP contribution is 2.15. The highest BCUT2D eigenvalue weighted by atomic mass is 16.6. The molecule has 0 aromatic heterocycles. The van der Waals surface area contributed by atoms with Crippen LogP contribution >= 0.6 is 0 Å². The first kappa shape index (κ1) is 48.2. The molecule has 0 heterocycles. The Morgan fingerprint density at radius 3 is 1.22 bits per heavy atom. The lowest BCUT2D eigenvalue weighted by Gasteiger charge is -2.30. The second-order valence-electron chi connectivity index (χ2n) is 16.6. The molecule has 2 N–H and O–H groups in total. The topological polar surface area (TPSA) is 138 Å². The van der Waals surface area contributed by atoms with Crippen LogP contribution in [0.3, 0.4) is 0 Å². The second-order valence-corrected chi connectivity index (χ2v) is 16.6. The zero-order valence-electron chi connectivity index (χ0n) is 34.2. The molecule has 12 nitrogen and oxygen atoms in total. The molecule has 0 atom stereocenters. The highest BCUT2D eigenvalue weighted by Gasteiger charge is 2.26. The van der Waals surface area contributed by atoms with Crippen LogP contribution < -0.4 is 5.32 Å². The van der Waals surface area contributed by atoms with Gasteiger partial charge in [0.25, 0.3) is 0 Å². The van der Waals surface area contributed by atoms with Crippen LogP contribution in [0.1, 0.15) is 159 Å². The molecule has 0 rings (SSSR count). The van der Waals surface area contributed by atoms with Crippen molar-refractivity contribution < 1.29 is 38.5 Å². The van der Waals surface area contributed by atoms with Crippen LogP contribution in [0.2, 0.25) is 0 Å². The molecule has 12 heteroatoms. The Hall–Kier alpha value is -2.76. The Bertz CT molecular complexity index is 972. The summed E-state index contributed by atoms with van der Waals surface area (Å²) in [6, 6.07) is 0. The van der Waals surface area contributed by atoms with Crippen LogP contribution in [-0.2, 0) is 19.0 Å². The second kappa shape index (κ2) is 26.1. The summed E-state index contributed by atoms with van der Waals surface area (Å²) < 4.78 is 16.7. The number of nitrogens with zero attached hydrogens (tertiary/aromatic N) is 3. The van der Waals surface area contributed by atoms with E-state index in [2.05, 4.69) is 12.2 Å². The molecule has 0 saturated heterocycles. The fourth-order valence-corrected chi connectivity index (χ4v) is 5.28. The predicted molar refractivity (Wildman–Crippen MR) is 204 cm³/mol. The Morgan fingerprint density at radius 1 is 0.471 bits per heavy atom. The molecule has 0 saturated carbocycles. The zero-order valence-corrected chi connectivity index (χ0v) is 34.2. The number of ether oxygens (including phenoxy) is 3. The molecule has 0 aliphatic heterocycles. The minimum atomic E-state index is -1.15. The molecule has 3 amide bonds. The van der Waals surface area contributed by atoms with Gasteiger partial charge in [0, 0.05) is 32.7 Å². The summed E-state index contributed by atoms with van der Waals surface area (Å²) in [7, 11) is 0. The maximum Gasteiger partial charge on any atom is 0.410 e. The third kappa shape index (κ3) is 29.5. The number of carboxylic acid groups (broad SMARTS) is 1. The molecule has 0 aromatic rings. The van der Waals surface area contributed by atoms with Gasteiger partial charge >= 0.3 is 24.2 Å². The minimum absolute atomic E-state index is 0.0974. The van der Waals surface area contributed by atoms with Gasteiger partial charge in [-0.15, -0.1) is 0 Å². The number of nitrogens with one attached hydrogen (secondary N) is 1. The van der Waals surface area contributed by atoms with Gasteiger partial charge in [0.1, 0.15) is 23.3 Å². The molecular formula is C39H76N4O8. The fraction of sp³-hybridized carbons (Fsp3) is 0.897. The van der Waals surface area contributed by atoms with E-state index < -0.39 is 41.5 Å². The third-order valence-electron chi connectivity index (χ3n) is 7.73. The van der Waals surface area contributed by atoms with Crippen LogP contribution in [0, 0.1) is 0 Å². The Balaban J connectivity index is 4.97. The van der Waals surface area contributed by atoms with E-state index in [1.54, 1.807) is 51.3 Å². The number of carbonyl (C=O) groups excluding carboxylic acids is 3. The lowest BCUT2D eigenvalue weighted by atomic mass is 10.1. The number of hydrogen-bond donors (Lipinski definition) is 2. The Morgan fingerprint density at radius 2 is 0.804 bits per heavy atom. The maximum absolute atomic E-state index is 13.1. The number of hydrogen-bond acceptors (Lipinski definition) is 8. The molecule has 300 valence electrons. The van der Waals surface area contributed by atoms with E-state index >= 15 is 0 Å². The van der Waals surface area contributed by atoms with Gasteiger partial charge in [-0.1, -0.05) is 64.7 Å². The molecule has 0 fully saturated rings. The lowest BCUT2D eigenvalue weighted by molar-refractivity contribution is -0.138. The van der Waals surface area contributed by atoms with Gasteiger partial charge < -0.3 is 34.4 Å². The van der Waals surface area contributed by atoms with Crippen molar-refractivity contribution in [3.05, 3.63) is 0 Å². The summed E-state index contributed by atoms with van der Waals surface area (Å²) in [6.07, 6.45) is 14.0. The predicted octanol–water partition coefficient (Wildman–Crippen LogP) is 8.85. The average Bonchev–Trinajstić information content (AvgIpc) is 2.97. The van der Waals surface area contributed by atoms with E-state index in [0.29, 0.717) is 38.9 Å². The van der Waals surface area contributed by atoms with Crippen LogP contribution in [0.15, 0.2) is 0 Å². The summed E-state index contributed by atoms with van der Waals surface area (Å²) in [5.41, 5.74) is -2.08. The number of carbonyl (C=O) groups is 4. The van der Waals surface area contributed by atoms with Crippen molar-refractivity contribution in [1.29, 1.82) is 0 Å². The molecule has 0 aromatic carbocycles. The Labute approximate surface area is 310 Å². The molecule has 0 spiro atoms. The van der Waals surface area contributed by atoms with Crippen LogP contribution in [0.4, 0.5) is 14.4 Å². The van der Waals surface area contributed by atoms with E-state index in [1.165, 1.54) is 64.2 Å². The van der Waals surface area contributed by atoms with Crippen molar-refractivity contribution >= 4 is 24.2 Å². The first-order valence-corrected chi connectivity index (χ1v) is 19.6. The van der Waals surface area contributed by atoms with Crippen molar-refractivity contribution in [2.24, 2.45) is 0 Å². The number of aliphatic carboxylic acids is 1. The van der Waals surface area contributed by atoms with Gasteiger partial charge in [0.2, 0.25) is 0 Å². The van der Waals surface area contributed by atoms with Crippen LogP contribution in [0.25, 0.3) is 0 Å². The molecular weight excluding hydrogens is 652 g/mol. The first-order chi connectivity index (χ1) is 23.7. The summed E-state index contributed by atoms with van der Waals surface area (Å²) in [5.74, 6) is -1.15. The maximum atomic E-state index is 13.1. The Kier molecular flexibility index (Phi) is 24.7. The van der Waals surface area contributed by atoms with E-state index in [4.69, 9.17) is 14.2 Å². The molecule has 51 heavy (non-hydrogen) atoms. The van der Waals surface area contributed by atoms with E-state index in [1.807, 2.05) is 20.8 Å². The lowest BCUT2D eigenvalue weighted by Crippen LogP contribution is -2.43. The van der Waals surface area contributed by atoms with Crippen molar-refractivity contribution in [1.82, 2.24) is 20.0 Å². The largest absolute Gasteiger partial charge is 0.480 e. The zero-order chi connectivity index (χ0) is 38.9. The third-order valence-corrected chi connectivity index (χ3v) is 7.73. The van der Waals surface area contributed by atoms with Crippen LogP contribution in [-0.4, -0.2) is 113 Å². The fourth-order valence-electron chi connectivity index (χ4n) is 5.28. The summed E-state index contributed by atoms with van der Waals surface area (Å²) in [5, 5.41) is 12.9. The molecule has 0 radical (unpaired) electrons. The average molecular weight is 729 g/mol. The van der Waals surface area contributed by atoms with Crippen molar-refractivity contribution in [2.75, 3.05) is 52.4 Å². The summed E-state index contributed by atoms with van der Waals surface area (Å²) in [4.78, 5) is 54.6.